The molecule has 1 heterocycles. The van der Waals surface area contributed by atoms with Crippen molar-refractivity contribution in [3.63, 3.8) is 0 Å². The van der Waals surface area contributed by atoms with E-state index in [2.05, 4.69) is 38.9 Å². The van der Waals surface area contributed by atoms with Gasteiger partial charge in [-0.2, -0.15) is 12.6 Å². The first kappa shape index (κ1) is 31.4. The van der Waals surface area contributed by atoms with E-state index in [1.807, 2.05) is 0 Å². The number of carboxylic acids is 1. The topological polar surface area (TPSA) is 264 Å². The molecule has 0 bridgehead atoms. The summed E-state index contributed by atoms with van der Waals surface area (Å²) < 4.78 is 0. The third-order valence-electron chi connectivity index (χ3n) is 5.26. The van der Waals surface area contributed by atoms with Gasteiger partial charge in [-0.25, -0.2) is 0 Å². The Morgan fingerprint density at radius 2 is 1.70 bits per heavy atom. The standard InChI is InChI=1S/C20H35N9O7S/c21-11(10-37)17(34)26-8-15(31)29-6-2-4-13(29)19(36)25-7-14(30)28-12(3-1-5-24-20(22)23)18(35)27-9-16(32)33/h11-13,37H,1-10,21H2,(H,25,36)(H,26,34)(H,27,35)(H,28,30)(H,32,33)(H4,22,23,24)/t11-,12-,13-/m0/s1. The molecule has 0 aliphatic carbocycles. The fourth-order valence-electron chi connectivity index (χ4n) is 3.40. The molecule has 17 heteroatoms. The Kier molecular flexibility index (Phi) is 13.8. The van der Waals surface area contributed by atoms with Gasteiger partial charge in [-0.05, 0) is 25.7 Å². The number of carbonyl (C=O) groups is 6. The first-order valence-corrected chi connectivity index (χ1v) is 12.1. The van der Waals surface area contributed by atoms with Gasteiger partial charge in [0.15, 0.2) is 5.96 Å². The lowest BCUT2D eigenvalue weighted by atomic mass is 10.1. The van der Waals surface area contributed by atoms with Gasteiger partial charge in [0.2, 0.25) is 29.5 Å². The number of carboxylic acid groups (broad SMARTS) is 1. The second-order valence-corrected chi connectivity index (χ2v) is 8.52. The summed E-state index contributed by atoms with van der Waals surface area (Å²) in [5.74, 6) is -4.30. The Bertz CT molecular complexity index is 882. The second kappa shape index (κ2) is 16.2. The molecule has 0 aromatic carbocycles. The number of nitrogens with one attached hydrogen (secondary N) is 4. The van der Waals surface area contributed by atoms with E-state index >= 15 is 0 Å². The van der Waals surface area contributed by atoms with E-state index in [9.17, 15) is 28.8 Å². The minimum Gasteiger partial charge on any atom is -0.480 e. The minimum absolute atomic E-state index is 0.106. The SMILES string of the molecule is NC(N)=NCCC[C@H](NC(=O)CNC(=O)[C@@H]1CCCN1C(=O)CNC(=O)[C@@H](N)CS)C(=O)NCC(=O)O. The van der Waals surface area contributed by atoms with Crippen LogP contribution in [0.5, 0.6) is 0 Å². The molecule has 0 unspecified atom stereocenters. The van der Waals surface area contributed by atoms with E-state index in [4.69, 9.17) is 22.3 Å². The summed E-state index contributed by atoms with van der Waals surface area (Å²) in [7, 11) is 0. The highest BCUT2D eigenvalue weighted by atomic mass is 32.1. The summed E-state index contributed by atoms with van der Waals surface area (Å²) in [6, 6.07) is -2.78. The largest absolute Gasteiger partial charge is 0.480 e. The van der Waals surface area contributed by atoms with Gasteiger partial charge in [-0.3, -0.25) is 33.8 Å². The van der Waals surface area contributed by atoms with Gasteiger partial charge >= 0.3 is 5.97 Å². The summed E-state index contributed by atoms with van der Waals surface area (Å²) in [4.78, 5) is 77.4. The first-order chi connectivity index (χ1) is 17.5. The average molecular weight is 546 g/mol. The van der Waals surface area contributed by atoms with Crippen molar-refractivity contribution in [3.05, 3.63) is 0 Å². The molecule has 1 saturated heterocycles. The van der Waals surface area contributed by atoms with Gasteiger partial charge in [0, 0.05) is 18.8 Å². The lowest BCUT2D eigenvalue weighted by molar-refractivity contribution is -0.139. The lowest BCUT2D eigenvalue weighted by Gasteiger charge is -2.24. The number of rotatable bonds is 15. The fraction of sp³-hybridized carbons (Fsp3) is 0.650. The monoisotopic (exact) mass is 545 g/mol. The molecule has 0 radical (unpaired) electrons. The predicted molar refractivity (Wildman–Crippen MR) is 135 cm³/mol. The number of thiol groups is 1. The van der Waals surface area contributed by atoms with Crippen LogP contribution in [-0.2, 0) is 28.8 Å². The van der Waals surface area contributed by atoms with Crippen molar-refractivity contribution in [1.82, 2.24) is 26.2 Å². The van der Waals surface area contributed by atoms with Crippen LogP contribution >= 0.6 is 12.6 Å². The number of likely N-dealkylation sites (tertiary alicyclic amines) is 1. The molecule has 0 saturated carbocycles. The molecule has 0 spiro atoms. The van der Waals surface area contributed by atoms with E-state index in [1.165, 1.54) is 4.90 Å². The summed E-state index contributed by atoms with van der Waals surface area (Å²) in [6.07, 6.45) is 1.34. The predicted octanol–water partition coefficient (Wildman–Crippen LogP) is -4.79. The van der Waals surface area contributed by atoms with Crippen LogP contribution in [0, 0.1) is 0 Å². The molecule has 208 valence electrons. The number of aliphatic carboxylic acids is 1. The zero-order valence-corrected chi connectivity index (χ0v) is 21.2. The van der Waals surface area contributed by atoms with Crippen LogP contribution in [0.15, 0.2) is 4.99 Å². The van der Waals surface area contributed by atoms with Crippen molar-refractivity contribution < 1.29 is 33.9 Å². The molecule has 1 aliphatic heterocycles. The van der Waals surface area contributed by atoms with Crippen LogP contribution in [0.3, 0.4) is 0 Å². The molecular formula is C20H35N9O7S. The number of hydrogen-bond acceptors (Lipinski definition) is 9. The number of nitrogens with two attached hydrogens (primary N) is 3. The molecule has 1 aliphatic rings. The fourth-order valence-corrected chi connectivity index (χ4v) is 3.57. The van der Waals surface area contributed by atoms with Crippen LogP contribution in [0.1, 0.15) is 25.7 Å². The van der Waals surface area contributed by atoms with Crippen molar-refractivity contribution in [2.45, 2.75) is 43.8 Å². The van der Waals surface area contributed by atoms with E-state index in [0.29, 0.717) is 25.8 Å². The molecule has 0 aromatic rings. The zero-order chi connectivity index (χ0) is 28.0. The first-order valence-electron chi connectivity index (χ1n) is 11.5. The van der Waals surface area contributed by atoms with Gasteiger partial charge in [0.1, 0.15) is 18.6 Å². The van der Waals surface area contributed by atoms with Gasteiger partial charge < -0.3 is 48.5 Å². The minimum atomic E-state index is -1.26. The Balaban J connectivity index is 2.63. The van der Waals surface area contributed by atoms with Crippen molar-refractivity contribution in [2.75, 3.05) is 38.5 Å². The molecule has 0 aromatic heterocycles. The highest BCUT2D eigenvalue weighted by molar-refractivity contribution is 7.80. The van der Waals surface area contributed by atoms with Gasteiger partial charge in [0.05, 0.1) is 19.1 Å². The number of amides is 5. The van der Waals surface area contributed by atoms with Crippen LogP contribution in [0.2, 0.25) is 0 Å². The number of guanidine groups is 1. The third kappa shape index (κ3) is 11.8. The third-order valence-corrected chi connectivity index (χ3v) is 5.65. The number of aliphatic imine (C=N–C) groups is 1. The van der Waals surface area contributed by atoms with Crippen molar-refractivity contribution in [3.8, 4) is 0 Å². The van der Waals surface area contributed by atoms with Crippen molar-refractivity contribution in [2.24, 2.45) is 22.2 Å². The summed E-state index contributed by atoms with van der Waals surface area (Å²) in [5.41, 5.74) is 16.0. The van der Waals surface area contributed by atoms with Crippen LogP contribution in [0.4, 0.5) is 0 Å². The maximum atomic E-state index is 12.6. The zero-order valence-electron chi connectivity index (χ0n) is 20.3. The van der Waals surface area contributed by atoms with E-state index in [1.54, 1.807) is 0 Å². The maximum absolute atomic E-state index is 12.6. The molecule has 16 nitrogen and oxygen atoms in total. The number of hydrogen-bond donors (Lipinski definition) is 9. The van der Waals surface area contributed by atoms with E-state index in [0.717, 1.165) is 0 Å². The normalized spacial score (nSPS) is 16.2. The van der Waals surface area contributed by atoms with Crippen molar-refractivity contribution >= 4 is 54.1 Å². The number of nitrogens with zero attached hydrogens (tertiary/aromatic N) is 2. The summed E-state index contributed by atoms with van der Waals surface area (Å²) >= 11 is 3.92. The molecule has 5 amide bonds. The van der Waals surface area contributed by atoms with Crippen molar-refractivity contribution in [1.29, 1.82) is 0 Å². The highest BCUT2D eigenvalue weighted by Gasteiger charge is 2.34. The Morgan fingerprint density at radius 3 is 2.32 bits per heavy atom. The van der Waals surface area contributed by atoms with E-state index in [-0.39, 0.29) is 31.2 Å². The Hall–Kier alpha value is -3.60. The summed E-state index contributed by atoms with van der Waals surface area (Å²) in [6.45, 7) is -0.967. The molecule has 3 atom stereocenters. The van der Waals surface area contributed by atoms with Gasteiger partial charge in [-0.15, -0.1) is 0 Å². The molecule has 11 N–H and O–H groups in total. The smallest absolute Gasteiger partial charge is 0.322 e. The number of carbonyl (C=O) groups excluding carboxylic acids is 5. The Morgan fingerprint density at radius 1 is 1.03 bits per heavy atom. The maximum Gasteiger partial charge on any atom is 0.322 e. The summed E-state index contributed by atoms with van der Waals surface area (Å²) in [5, 5.41) is 18.2. The highest BCUT2D eigenvalue weighted by Crippen LogP contribution is 2.17. The quantitative estimate of drug-likeness (QED) is 0.0410. The Labute approximate surface area is 218 Å². The van der Waals surface area contributed by atoms with Crippen LogP contribution in [0.25, 0.3) is 0 Å². The molecular weight excluding hydrogens is 510 g/mol. The average Bonchev–Trinajstić information content (AvgIpc) is 3.35. The second-order valence-electron chi connectivity index (χ2n) is 8.15. The molecule has 1 rings (SSSR count). The van der Waals surface area contributed by atoms with Crippen LogP contribution < -0.4 is 38.5 Å². The van der Waals surface area contributed by atoms with Gasteiger partial charge in [-0.1, -0.05) is 0 Å². The molecule has 37 heavy (non-hydrogen) atoms. The van der Waals surface area contributed by atoms with Crippen LogP contribution in [-0.4, -0.2) is 108 Å². The lowest BCUT2D eigenvalue weighted by Crippen LogP contribution is -2.53. The van der Waals surface area contributed by atoms with E-state index < -0.39 is 66.7 Å². The molecule has 1 fully saturated rings. The van der Waals surface area contributed by atoms with Gasteiger partial charge in [0.25, 0.3) is 0 Å².